The predicted octanol–water partition coefficient (Wildman–Crippen LogP) is 2.70. The third-order valence-electron chi connectivity index (χ3n) is 2.41. The molecule has 2 rings (SSSR count). The number of carboxylic acid groups (broad SMARTS) is 1. The number of nitrogens with zero attached hydrogens (tertiary/aromatic N) is 3. The summed E-state index contributed by atoms with van der Waals surface area (Å²) in [7, 11) is 0. The summed E-state index contributed by atoms with van der Waals surface area (Å²) in [5, 5.41) is 12.4. The van der Waals surface area contributed by atoms with Gasteiger partial charge in [0.15, 0.2) is 5.69 Å². The Hall–Kier alpha value is -2.09. The van der Waals surface area contributed by atoms with Gasteiger partial charge in [0.05, 0.1) is 6.54 Å². The lowest BCUT2D eigenvalue weighted by molar-refractivity contribution is -0.141. The number of carboxylic acids is 1. The van der Waals surface area contributed by atoms with E-state index in [1.807, 2.05) is 0 Å². The lowest BCUT2D eigenvalue weighted by Gasteiger charge is -2.04. The van der Waals surface area contributed by atoms with Gasteiger partial charge in [0, 0.05) is 12.3 Å². The molecule has 9 heteroatoms. The molecule has 0 aliphatic heterocycles. The number of aromatic nitrogens is 3. The highest BCUT2D eigenvalue weighted by atomic mass is 35.5. The summed E-state index contributed by atoms with van der Waals surface area (Å²) in [6, 6.07) is 3.47. The van der Waals surface area contributed by atoms with E-state index in [1.54, 1.807) is 0 Å². The Morgan fingerprint density at radius 2 is 2.10 bits per heavy atom. The number of hydrogen-bond donors (Lipinski definition) is 1. The normalized spacial score (nSPS) is 11.6. The molecule has 5 nitrogen and oxygen atoms in total. The van der Waals surface area contributed by atoms with Crippen molar-refractivity contribution in [3.05, 3.63) is 46.5 Å². The van der Waals surface area contributed by atoms with E-state index in [1.165, 1.54) is 18.3 Å². The van der Waals surface area contributed by atoms with E-state index < -0.39 is 23.5 Å². The molecule has 0 aromatic carbocycles. The van der Waals surface area contributed by atoms with Crippen molar-refractivity contribution in [3.8, 4) is 0 Å². The molecule has 2 aromatic rings. The molecule has 0 aliphatic carbocycles. The summed E-state index contributed by atoms with van der Waals surface area (Å²) < 4.78 is 38.4. The van der Waals surface area contributed by atoms with Crippen LogP contribution in [0.4, 0.5) is 13.2 Å². The van der Waals surface area contributed by atoms with E-state index in [-0.39, 0.29) is 11.7 Å². The van der Waals surface area contributed by atoms with Crippen LogP contribution < -0.4 is 0 Å². The van der Waals surface area contributed by atoms with Crippen LogP contribution in [0.15, 0.2) is 24.4 Å². The summed E-state index contributed by atoms with van der Waals surface area (Å²) in [5.74, 6) is -1.49. The van der Waals surface area contributed by atoms with Crippen LogP contribution in [0.5, 0.6) is 0 Å². The van der Waals surface area contributed by atoms with Crippen molar-refractivity contribution in [1.29, 1.82) is 0 Å². The molecule has 0 radical (unpaired) electrons. The highest BCUT2D eigenvalue weighted by molar-refractivity contribution is 6.29. The Bertz CT molecular complexity index is 637. The number of alkyl halides is 3. The van der Waals surface area contributed by atoms with Gasteiger partial charge in [-0.3, -0.25) is 4.68 Å². The third-order valence-corrected chi connectivity index (χ3v) is 2.63. The molecule has 20 heavy (non-hydrogen) atoms. The van der Waals surface area contributed by atoms with Gasteiger partial charge in [0.1, 0.15) is 10.8 Å². The van der Waals surface area contributed by atoms with Crippen molar-refractivity contribution in [2.45, 2.75) is 12.7 Å². The van der Waals surface area contributed by atoms with E-state index in [9.17, 15) is 18.0 Å². The second-order valence-corrected chi connectivity index (χ2v) is 4.25. The van der Waals surface area contributed by atoms with E-state index in [2.05, 4.69) is 10.1 Å². The van der Waals surface area contributed by atoms with Gasteiger partial charge in [-0.1, -0.05) is 17.7 Å². The Morgan fingerprint density at radius 1 is 1.40 bits per heavy atom. The third kappa shape index (κ3) is 3.08. The maximum atomic E-state index is 12.5. The monoisotopic (exact) mass is 305 g/mol. The summed E-state index contributed by atoms with van der Waals surface area (Å²) in [6.45, 7) is -0.151. The molecule has 0 saturated carbocycles. The van der Waals surface area contributed by atoms with Gasteiger partial charge in [0.25, 0.3) is 0 Å². The van der Waals surface area contributed by atoms with Crippen LogP contribution in [-0.2, 0) is 12.7 Å². The minimum atomic E-state index is -4.70. The number of aromatic carboxylic acids is 1. The van der Waals surface area contributed by atoms with Gasteiger partial charge in [-0.15, -0.1) is 0 Å². The summed E-state index contributed by atoms with van der Waals surface area (Å²) in [6.07, 6.45) is -3.36. The van der Waals surface area contributed by atoms with Gasteiger partial charge in [-0.05, 0) is 11.6 Å². The molecule has 0 spiro atoms. The highest BCUT2D eigenvalue weighted by Crippen LogP contribution is 2.28. The zero-order chi connectivity index (χ0) is 14.9. The first-order valence-corrected chi connectivity index (χ1v) is 5.64. The highest BCUT2D eigenvalue weighted by Gasteiger charge is 2.35. The molecule has 0 aliphatic rings. The average Bonchev–Trinajstić information content (AvgIpc) is 2.76. The van der Waals surface area contributed by atoms with Crippen molar-refractivity contribution in [2.75, 3.05) is 0 Å². The Labute approximate surface area is 115 Å². The summed E-state index contributed by atoms with van der Waals surface area (Å²) in [5.41, 5.74) is -1.32. The first kappa shape index (κ1) is 14.3. The summed E-state index contributed by atoms with van der Waals surface area (Å²) in [4.78, 5) is 14.7. The van der Waals surface area contributed by atoms with E-state index >= 15 is 0 Å². The number of halogens is 4. The van der Waals surface area contributed by atoms with Crippen molar-refractivity contribution in [3.63, 3.8) is 0 Å². The molecule has 106 valence electrons. The van der Waals surface area contributed by atoms with Gasteiger partial charge in [-0.2, -0.15) is 18.3 Å². The molecule has 1 N–H and O–H groups in total. The first-order chi connectivity index (χ1) is 9.27. The van der Waals surface area contributed by atoms with Crippen molar-refractivity contribution < 1.29 is 23.1 Å². The van der Waals surface area contributed by atoms with Gasteiger partial charge in [-0.25, -0.2) is 9.78 Å². The maximum Gasteiger partial charge on any atom is 0.435 e. The zero-order valence-corrected chi connectivity index (χ0v) is 10.5. The van der Waals surface area contributed by atoms with Crippen molar-refractivity contribution in [2.24, 2.45) is 0 Å². The fraction of sp³-hybridized carbons (Fsp3) is 0.182. The van der Waals surface area contributed by atoms with E-state index in [0.29, 0.717) is 11.6 Å². The van der Waals surface area contributed by atoms with Crippen LogP contribution in [0, 0.1) is 0 Å². The molecule has 0 bridgehead atoms. The second-order valence-electron chi connectivity index (χ2n) is 3.86. The predicted molar refractivity (Wildman–Crippen MR) is 62.5 cm³/mol. The Morgan fingerprint density at radius 3 is 2.60 bits per heavy atom. The topological polar surface area (TPSA) is 68.0 Å². The van der Waals surface area contributed by atoms with Gasteiger partial charge in [0.2, 0.25) is 0 Å². The Balaban J connectivity index is 2.37. The van der Waals surface area contributed by atoms with Crippen LogP contribution >= 0.6 is 11.6 Å². The van der Waals surface area contributed by atoms with Crippen molar-refractivity contribution >= 4 is 17.6 Å². The minimum Gasteiger partial charge on any atom is -0.477 e. The molecule has 2 aromatic heterocycles. The molecular weight excluding hydrogens is 299 g/mol. The minimum absolute atomic E-state index is 0.151. The number of hydrogen-bond acceptors (Lipinski definition) is 3. The van der Waals surface area contributed by atoms with Crippen molar-refractivity contribution in [1.82, 2.24) is 14.8 Å². The lowest BCUT2D eigenvalue weighted by atomic mass is 10.3. The van der Waals surface area contributed by atoms with Crippen LogP contribution in [-0.4, -0.2) is 25.8 Å². The van der Waals surface area contributed by atoms with Gasteiger partial charge >= 0.3 is 12.1 Å². The second kappa shape index (κ2) is 5.12. The first-order valence-electron chi connectivity index (χ1n) is 5.26. The van der Waals surface area contributed by atoms with Crippen LogP contribution in [0.25, 0.3) is 0 Å². The number of carbonyl (C=O) groups is 1. The number of rotatable bonds is 3. The van der Waals surface area contributed by atoms with Gasteiger partial charge < -0.3 is 5.11 Å². The summed E-state index contributed by atoms with van der Waals surface area (Å²) >= 11 is 5.58. The Kier molecular flexibility index (Phi) is 3.67. The lowest BCUT2D eigenvalue weighted by Crippen LogP contribution is -2.12. The molecule has 2 heterocycles. The quantitative estimate of drug-likeness (QED) is 0.885. The molecule has 0 fully saturated rings. The van der Waals surface area contributed by atoms with Crippen LogP contribution in [0.1, 0.15) is 21.7 Å². The molecular formula is C11H7ClF3N3O2. The number of pyridine rings is 1. The zero-order valence-electron chi connectivity index (χ0n) is 9.73. The molecule has 0 amide bonds. The molecule has 0 saturated heterocycles. The smallest absolute Gasteiger partial charge is 0.435 e. The molecule has 0 atom stereocenters. The standard InChI is InChI=1S/C11H7ClF3N3O2/c12-9-2-1-6(4-16-9)5-18-7(10(19)20)3-8(17-18)11(13,14)15/h1-4H,5H2,(H,19,20). The fourth-order valence-corrected chi connectivity index (χ4v) is 1.63. The molecule has 0 unspecified atom stereocenters. The van der Waals surface area contributed by atoms with Crippen LogP contribution in [0.3, 0.4) is 0 Å². The van der Waals surface area contributed by atoms with E-state index in [0.717, 1.165) is 4.68 Å². The maximum absolute atomic E-state index is 12.5. The van der Waals surface area contributed by atoms with E-state index in [4.69, 9.17) is 16.7 Å². The fourth-order valence-electron chi connectivity index (χ4n) is 1.52. The average molecular weight is 306 g/mol. The SMILES string of the molecule is O=C(O)c1cc(C(F)(F)F)nn1Cc1ccc(Cl)nc1. The largest absolute Gasteiger partial charge is 0.477 e. The van der Waals surface area contributed by atoms with Crippen LogP contribution in [0.2, 0.25) is 5.15 Å².